The Morgan fingerprint density at radius 2 is 1.22 bits per heavy atom. The Kier molecular flexibility index (Phi) is 5.24. The molecule has 0 radical (unpaired) electrons. The van der Waals surface area contributed by atoms with E-state index in [0.717, 1.165) is 37.1 Å². The van der Waals surface area contributed by atoms with Crippen molar-refractivity contribution in [3.05, 3.63) is 69.7 Å². The number of carbonyl (C=O) groups is 1. The molecule has 1 fully saturated rings. The summed E-state index contributed by atoms with van der Waals surface area (Å²) < 4.78 is 0. The highest BCUT2D eigenvalue weighted by Gasteiger charge is 2.28. The van der Waals surface area contributed by atoms with Gasteiger partial charge in [0.2, 0.25) is 5.91 Å². The van der Waals surface area contributed by atoms with Crippen LogP contribution in [0.3, 0.4) is 0 Å². The molecule has 1 aliphatic rings. The maximum Gasteiger partial charge on any atom is 0.234 e. The third kappa shape index (κ3) is 3.88. The maximum absolute atomic E-state index is 13.1. The molecule has 2 nitrogen and oxygen atoms in total. The number of halogens is 2. The molecule has 1 heterocycles. The lowest BCUT2D eigenvalue weighted by Crippen LogP contribution is -2.39. The fourth-order valence-corrected chi connectivity index (χ4v) is 3.34. The number of amides is 1. The molecule has 0 atom stereocenters. The van der Waals surface area contributed by atoms with Gasteiger partial charge < -0.3 is 4.90 Å². The first-order chi connectivity index (χ1) is 11.1. The second kappa shape index (κ2) is 7.37. The Morgan fingerprint density at radius 3 is 1.65 bits per heavy atom. The first-order valence-electron chi connectivity index (χ1n) is 7.95. The van der Waals surface area contributed by atoms with Crippen molar-refractivity contribution in [3.63, 3.8) is 0 Å². The Morgan fingerprint density at radius 1 is 0.783 bits per heavy atom. The van der Waals surface area contributed by atoms with E-state index in [1.807, 2.05) is 53.4 Å². The van der Waals surface area contributed by atoms with Gasteiger partial charge in [-0.25, -0.2) is 0 Å². The fraction of sp³-hybridized carbons (Fsp3) is 0.316. The molecular weight excluding hydrogens is 329 g/mol. The van der Waals surface area contributed by atoms with Gasteiger partial charge in [-0.05, 0) is 54.7 Å². The predicted octanol–water partition coefficient (Wildman–Crippen LogP) is 5.14. The normalized spacial score (nSPS) is 15.0. The number of likely N-dealkylation sites (tertiary alicyclic amines) is 1. The van der Waals surface area contributed by atoms with E-state index in [0.29, 0.717) is 10.0 Å². The minimum atomic E-state index is -0.303. The van der Waals surface area contributed by atoms with Crippen LogP contribution in [0.5, 0.6) is 0 Å². The number of nitrogens with zero attached hydrogens (tertiary/aromatic N) is 1. The van der Waals surface area contributed by atoms with Crippen LogP contribution in [0.1, 0.15) is 36.3 Å². The van der Waals surface area contributed by atoms with Crippen molar-refractivity contribution in [1.82, 2.24) is 4.90 Å². The van der Waals surface area contributed by atoms with Crippen molar-refractivity contribution in [2.24, 2.45) is 0 Å². The van der Waals surface area contributed by atoms with E-state index >= 15 is 0 Å². The summed E-state index contributed by atoms with van der Waals surface area (Å²) in [7, 11) is 0. The molecule has 2 aromatic rings. The second-order valence-corrected chi connectivity index (χ2v) is 6.79. The van der Waals surface area contributed by atoms with Crippen molar-refractivity contribution in [2.75, 3.05) is 13.1 Å². The van der Waals surface area contributed by atoms with E-state index in [1.54, 1.807) is 0 Å². The van der Waals surface area contributed by atoms with Gasteiger partial charge in [0.05, 0.1) is 5.92 Å². The Balaban J connectivity index is 1.96. The van der Waals surface area contributed by atoms with Crippen LogP contribution < -0.4 is 0 Å². The minimum Gasteiger partial charge on any atom is -0.342 e. The van der Waals surface area contributed by atoms with Crippen LogP contribution in [0, 0.1) is 0 Å². The fourth-order valence-electron chi connectivity index (χ4n) is 3.08. The molecule has 0 aromatic heterocycles. The van der Waals surface area contributed by atoms with E-state index in [4.69, 9.17) is 23.2 Å². The van der Waals surface area contributed by atoms with Crippen LogP contribution in [-0.4, -0.2) is 23.9 Å². The van der Waals surface area contributed by atoms with Crippen LogP contribution in [0.25, 0.3) is 0 Å². The molecule has 0 N–H and O–H groups in total. The maximum atomic E-state index is 13.1. The quantitative estimate of drug-likeness (QED) is 0.752. The van der Waals surface area contributed by atoms with Crippen molar-refractivity contribution in [1.29, 1.82) is 0 Å². The zero-order chi connectivity index (χ0) is 16.2. The summed E-state index contributed by atoms with van der Waals surface area (Å²) in [5, 5.41) is 1.35. The Labute approximate surface area is 147 Å². The number of rotatable bonds is 3. The predicted molar refractivity (Wildman–Crippen MR) is 95.2 cm³/mol. The molecule has 4 heteroatoms. The highest BCUT2D eigenvalue weighted by molar-refractivity contribution is 6.30. The van der Waals surface area contributed by atoms with Gasteiger partial charge in [0, 0.05) is 23.1 Å². The van der Waals surface area contributed by atoms with Crippen molar-refractivity contribution >= 4 is 29.1 Å². The molecule has 0 bridgehead atoms. The van der Waals surface area contributed by atoms with Crippen LogP contribution >= 0.6 is 23.2 Å². The van der Waals surface area contributed by atoms with Crippen LogP contribution in [0.2, 0.25) is 10.0 Å². The zero-order valence-electron chi connectivity index (χ0n) is 12.8. The molecule has 3 rings (SSSR count). The molecule has 0 unspecified atom stereocenters. The number of piperidine rings is 1. The van der Waals surface area contributed by atoms with E-state index < -0.39 is 0 Å². The van der Waals surface area contributed by atoms with Gasteiger partial charge >= 0.3 is 0 Å². The summed E-state index contributed by atoms with van der Waals surface area (Å²) in [6.45, 7) is 1.69. The summed E-state index contributed by atoms with van der Waals surface area (Å²) in [5.74, 6) is -0.142. The molecule has 23 heavy (non-hydrogen) atoms. The van der Waals surface area contributed by atoms with Gasteiger partial charge in [0.1, 0.15) is 0 Å². The van der Waals surface area contributed by atoms with Crippen LogP contribution in [0.15, 0.2) is 48.5 Å². The first kappa shape index (κ1) is 16.4. The van der Waals surface area contributed by atoms with Gasteiger partial charge in [-0.15, -0.1) is 0 Å². The summed E-state index contributed by atoms with van der Waals surface area (Å²) in [5.41, 5.74) is 1.93. The number of hydrogen-bond acceptors (Lipinski definition) is 1. The second-order valence-electron chi connectivity index (χ2n) is 5.92. The van der Waals surface area contributed by atoms with E-state index in [9.17, 15) is 4.79 Å². The summed E-state index contributed by atoms with van der Waals surface area (Å²) >= 11 is 12.0. The van der Waals surface area contributed by atoms with E-state index in [2.05, 4.69) is 0 Å². The van der Waals surface area contributed by atoms with E-state index in [-0.39, 0.29) is 11.8 Å². The van der Waals surface area contributed by atoms with Crippen LogP contribution in [-0.2, 0) is 4.79 Å². The third-order valence-electron chi connectivity index (χ3n) is 4.32. The molecular formula is C19H19Cl2NO. The average Bonchev–Trinajstić information content (AvgIpc) is 2.59. The molecule has 2 aromatic carbocycles. The number of carbonyl (C=O) groups excluding carboxylic acids is 1. The van der Waals surface area contributed by atoms with Gasteiger partial charge in [-0.2, -0.15) is 0 Å². The zero-order valence-corrected chi connectivity index (χ0v) is 14.4. The molecule has 1 aliphatic heterocycles. The lowest BCUT2D eigenvalue weighted by Gasteiger charge is -2.31. The smallest absolute Gasteiger partial charge is 0.234 e. The van der Waals surface area contributed by atoms with Gasteiger partial charge in [-0.1, -0.05) is 47.5 Å². The highest BCUT2D eigenvalue weighted by Crippen LogP contribution is 2.30. The largest absolute Gasteiger partial charge is 0.342 e. The van der Waals surface area contributed by atoms with Gasteiger partial charge in [0.15, 0.2) is 0 Å². The summed E-state index contributed by atoms with van der Waals surface area (Å²) in [6, 6.07) is 15.1. The lowest BCUT2D eigenvalue weighted by molar-refractivity contribution is -0.132. The SMILES string of the molecule is O=C(C(c1ccc(Cl)cc1)c1ccc(Cl)cc1)N1CCCCC1. The summed E-state index contributed by atoms with van der Waals surface area (Å²) in [6.07, 6.45) is 3.37. The molecule has 0 aliphatic carbocycles. The highest BCUT2D eigenvalue weighted by atomic mass is 35.5. The molecule has 1 amide bonds. The Bertz CT molecular complexity index is 615. The summed E-state index contributed by atoms with van der Waals surface area (Å²) in [4.78, 5) is 15.1. The van der Waals surface area contributed by atoms with E-state index in [1.165, 1.54) is 6.42 Å². The minimum absolute atomic E-state index is 0.161. The van der Waals surface area contributed by atoms with Crippen molar-refractivity contribution in [2.45, 2.75) is 25.2 Å². The number of benzene rings is 2. The van der Waals surface area contributed by atoms with Gasteiger partial charge in [0.25, 0.3) is 0 Å². The monoisotopic (exact) mass is 347 g/mol. The Hall–Kier alpha value is -1.51. The average molecular weight is 348 g/mol. The first-order valence-corrected chi connectivity index (χ1v) is 8.70. The van der Waals surface area contributed by atoms with Crippen molar-refractivity contribution < 1.29 is 4.79 Å². The van der Waals surface area contributed by atoms with Crippen LogP contribution in [0.4, 0.5) is 0 Å². The third-order valence-corrected chi connectivity index (χ3v) is 4.83. The van der Waals surface area contributed by atoms with Crippen molar-refractivity contribution in [3.8, 4) is 0 Å². The van der Waals surface area contributed by atoms with Gasteiger partial charge in [-0.3, -0.25) is 4.79 Å². The number of hydrogen-bond donors (Lipinski definition) is 0. The molecule has 0 spiro atoms. The molecule has 1 saturated heterocycles. The molecule has 120 valence electrons. The topological polar surface area (TPSA) is 20.3 Å². The lowest BCUT2D eigenvalue weighted by atomic mass is 9.89. The standard InChI is InChI=1S/C19H19Cl2NO/c20-16-8-4-14(5-9-16)18(15-6-10-17(21)11-7-15)19(23)22-12-2-1-3-13-22/h4-11,18H,1-3,12-13H2. The molecule has 0 saturated carbocycles.